The van der Waals surface area contributed by atoms with Gasteiger partial charge in [0.2, 0.25) is 0 Å². The maximum atomic E-state index is 5.99. The minimum Gasteiger partial charge on any atom is -0.381 e. The predicted molar refractivity (Wildman–Crippen MR) is 105 cm³/mol. The van der Waals surface area contributed by atoms with E-state index in [1.54, 1.807) is 0 Å². The van der Waals surface area contributed by atoms with Crippen LogP contribution < -0.4 is 5.32 Å². The second-order valence-corrected chi connectivity index (χ2v) is 7.18. The van der Waals surface area contributed by atoms with E-state index < -0.39 is 0 Å². The zero-order chi connectivity index (χ0) is 17.1. The van der Waals surface area contributed by atoms with Crippen LogP contribution in [0, 0.1) is 0 Å². The van der Waals surface area contributed by atoms with Crippen LogP contribution in [-0.4, -0.2) is 29.0 Å². The molecule has 1 aromatic heterocycles. The van der Waals surface area contributed by atoms with Crippen LogP contribution >= 0.6 is 11.6 Å². The Kier molecular flexibility index (Phi) is 4.86. The summed E-state index contributed by atoms with van der Waals surface area (Å²) in [5.41, 5.74) is 2.53. The summed E-state index contributed by atoms with van der Waals surface area (Å²) in [7, 11) is 0. The van der Waals surface area contributed by atoms with Gasteiger partial charge in [-0.25, -0.2) is 0 Å². The van der Waals surface area contributed by atoms with Crippen molar-refractivity contribution in [2.24, 2.45) is 0 Å². The third kappa shape index (κ3) is 3.94. The first-order valence-corrected chi connectivity index (χ1v) is 9.22. The Labute approximate surface area is 153 Å². The highest BCUT2D eigenvalue weighted by Gasteiger charge is 2.20. The number of pyridine rings is 1. The molecule has 1 aliphatic heterocycles. The average molecular weight is 352 g/mol. The van der Waals surface area contributed by atoms with Gasteiger partial charge in [-0.15, -0.1) is 0 Å². The molecule has 3 aromatic rings. The van der Waals surface area contributed by atoms with Crippen molar-refractivity contribution in [3.63, 3.8) is 0 Å². The van der Waals surface area contributed by atoms with E-state index >= 15 is 0 Å². The Balaban J connectivity index is 1.45. The van der Waals surface area contributed by atoms with Gasteiger partial charge in [0.15, 0.2) is 0 Å². The second kappa shape index (κ2) is 7.42. The molecule has 0 bridgehead atoms. The van der Waals surface area contributed by atoms with Crippen molar-refractivity contribution < 1.29 is 0 Å². The first-order valence-electron chi connectivity index (χ1n) is 8.84. The van der Waals surface area contributed by atoms with Gasteiger partial charge in [-0.1, -0.05) is 35.9 Å². The number of fused-ring (bicyclic) bond motifs is 1. The second-order valence-electron chi connectivity index (χ2n) is 6.75. The molecule has 1 aliphatic rings. The smallest absolute Gasteiger partial charge is 0.0423 e. The van der Waals surface area contributed by atoms with Crippen LogP contribution in [0.2, 0.25) is 5.02 Å². The highest BCUT2D eigenvalue weighted by molar-refractivity contribution is 6.30. The Hall–Kier alpha value is -2.10. The summed E-state index contributed by atoms with van der Waals surface area (Å²) in [5, 5.41) is 6.98. The number of anilines is 1. The van der Waals surface area contributed by atoms with Gasteiger partial charge in [0.25, 0.3) is 0 Å². The quantitative estimate of drug-likeness (QED) is 0.719. The molecule has 1 atom stereocenters. The standard InChI is InChI=1S/C21H22ClN3/c22-18-8-6-16(7-9-18)14-25-12-2-4-19(15-25)24-21-5-1-3-17-13-23-11-10-20(17)21/h1,3,5-11,13,19,24H,2,4,12,14-15H2. The van der Waals surface area contributed by atoms with Gasteiger partial charge < -0.3 is 5.32 Å². The van der Waals surface area contributed by atoms with Crippen molar-refractivity contribution in [3.8, 4) is 0 Å². The summed E-state index contributed by atoms with van der Waals surface area (Å²) in [6, 6.07) is 17.1. The number of halogens is 1. The maximum Gasteiger partial charge on any atom is 0.0423 e. The first-order chi connectivity index (χ1) is 12.3. The summed E-state index contributed by atoms with van der Waals surface area (Å²) in [4.78, 5) is 6.75. The normalized spacial score (nSPS) is 18.4. The van der Waals surface area contributed by atoms with Gasteiger partial charge in [-0.2, -0.15) is 0 Å². The zero-order valence-corrected chi connectivity index (χ0v) is 14.9. The fourth-order valence-electron chi connectivity index (χ4n) is 3.63. The number of rotatable bonds is 4. The monoisotopic (exact) mass is 351 g/mol. The largest absolute Gasteiger partial charge is 0.381 e. The van der Waals surface area contributed by atoms with E-state index in [4.69, 9.17) is 11.6 Å². The molecule has 1 unspecified atom stereocenters. The lowest BCUT2D eigenvalue weighted by Gasteiger charge is -2.34. The van der Waals surface area contributed by atoms with Crippen molar-refractivity contribution >= 4 is 28.1 Å². The topological polar surface area (TPSA) is 28.2 Å². The van der Waals surface area contributed by atoms with E-state index in [2.05, 4.69) is 51.6 Å². The minimum atomic E-state index is 0.472. The first kappa shape index (κ1) is 16.4. The molecule has 3 nitrogen and oxygen atoms in total. The van der Waals surface area contributed by atoms with Crippen LogP contribution in [0.5, 0.6) is 0 Å². The van der Waals surface area contributed by atoms with E-state index in [1.807, 2.05) is 24.5 Å². The fraction of sp³-hybridized carbons (Fsp3) is 0.286. The van der Waals surface area contributed by atoms with Crippen LogP contribution in [0.4, 0.5) is 5.69 Å². The summed E-state index contributed by atoms with van der Waals surface area (Å²) >= 11 is 5.99. The molecule has 0 spiro atoms. The van der Waals surface area contributed by atoms with Gasteiger partial charge in [0, 0.05) is 53.0 Å². The average Bonchev–Trinajstić information content (AvgIpc) is 2.64. The number of piperidine rings is 1. The molecule has 1 N–H and O–H groups in total. The molecule has 0 amide bonds. The van der Waals surface area contributed by atoms with Gasteiger partial charge in [-0.05, 0) is 49.2 Å². The molecule has 25 heavy (non-hydrogen) atoms. The van der Waals surface area contributed by atoms with Crippen molar-refractivity contribution in [1.29, 1.82) is 0 Å². The number of aromatic nitrogens is 1. The van der Waals surface area contributed by atoms with Crippen LogP contribution in [0.25, 0.3) is 10.8 Å². The maximum absolute atomic E-state index is 5.99. The predicted octanol–water partition coefficient (Wildman–Crippen LogP) is 4.96. The Morgan fingerprint density at radius 2 is 2.00 bits per heavy atom. The molecule has 128 valence electrons. The van der Waals surface area contributed by atoms with Crippen molar-refractivity contribution in [2.45, 2.75) is 25.4 Å². The molecule has 1 fully saturated rings. The summed E-state index contributed by atoms with van der Waals surface area (Å²) in [6.07, 6.45) is 6.21. The van der Waals surface area contributed by atoms with Crippen molar-refractivity contribution in [2.75, 3.05) is 18.4 Å². The third-order valence-corrected chi connectivity index (χ3v) is 5.12. The number of hydrogen-bond acceptors (Lipinski definition) is 3. The number of likely N-dealkylation sites (tertiary alicyclic amines) is 1. The van der Waals surface area contributed by atoms with E-state index in [0.717, 1.165) is 24.7 Å². The minimum absolute atomic E-state index is 0.472. The molecule has 4 rings (SSSR count). The fourth-order valence-corrected chi connectivity index (χ4v) is 3.76. The summed E-state index contributed by atoms with van der Waals surface area (Å²) in [5.74, 6) is 0. The molecule has 0 radical (unpaired) electrons. The highest BCUT2D eigenvalue weighted by atomic mass is 35.5. The van der Waals surface area contributed by atoms with Crippen molar-refractivity contribution in [1.82, 2.24) is 9.88 Å². The Bertz CT molecular complexity index is 842. The van der Waals surface area contributed by atoms with Gasteiger partial charge >= 0.3 is 0 Å². The lowest BCUT2D eigenvalue weighted by Crippen LogP contribution is -2.41. The number of nitrogens with zero attached hydrogens (tertiary/aromatic N) is 2. The Morgan fingerprint density at radius 1 is 1.12 bits per heavy atom. The third-order valence-electron chi connectivity index (χ3n) is 4.87. The van der Waals surface area contributed by atoms with E-state index in [1.165, 1.54) is 34.9 Å². The SMILES string of the molecule is Clc1ccc(CN2CCCC(Nc3cccc4cnccc34)C2)cc1. The molecular formula is C21H22ClN3. The van der Waals surface area contributed by atoms with E-state index in [9.17, 15) is 0 Å². The lowest BCUT2D eigenvalue weighted by molar-refractivity contribution is 0.208. The van der Waals surface area contributed by atoms with Crippen LogP contribution in [0.15, 0.2) is 60.9 Å². The number of nitrogens with one attached hydrogen (secondary N) is 1. The molecule has 2 aromatic carbocycles. The van der Waals surface area contributed by atoms with Crippen LogP contribution in [-0.2, 0) is 6.54 Å². The number of hydrogen-bond donors (Lipinski definition) is 1. The Morgan fingerprint density at radius 3 is 2.88 bits per heavy atom. The van der Waals surface area contributed by atoms with Crippen LogP contribution in [0.3, 0.4) is 0 Å². The molecule has 4 heteroatoms. The zero-order valence-electron chi connectivity index (χ0n) is 14.2. The van der Waals surface area contributed by atoms with Gasteiger partial charge in [-0.3, -0.25) is 9.88 Å². The van der Waals surface area contributed by atoms with E-state index in [-0.39, 0.29) is 0 Å². The molecule has 1 saturated heterocycles. The molecular weight excluding hydrogens is 330 g/mol. The lowest BCUT2D eigenvalue weighted by atomic mass is 10.0. The molecule has 0 aliphatic carbocycles. The van der Waals surface area contributed by atoms with Crippen LogP contribution in [0.1, 0.15) is 18.4 Å². The molecule has 2 heterocycles. The van der Waals surface area contributed by atoms with Crippen molar-refractivity contribution in [3.05, 3.63) is 71.5 Å². The highest BCUT2D eigenvalue weighted by Crippen LogP contribution is 2.25. The molecule has 0 saturated carbocycles. The summed E-state index contributed by atoms with van der Waals surface area (Å²) in [6.45, 7) is 3.19. The number of benzene rings is 2. The summed E-state index contributed by atoms with van der Waals surface area (Å²) < 4.78 is 0. The van der Waals surface area contributed by atoms with E-state index in [0.29, 0.717) is 6.04 Å². The van der Waals surface area contributed by atoms with Gasteiger partial charge in [0.1, 0.15) is 0 Å². The van der Waals surface area contributed by atoms with Gasteiger partial charge in [0.05, 0.1) is 0 Å².